The number of rotatable bonds is 8. The Balaban J connectivity index is 0.00000625. The summed E-state index contributed by atoms with van der Waals surface area (Å²) in [6, 6.07) is 5.79. The van der Waals surface area contributed by atoms with Crippen molar-refractivity contribution in [3.63, 3.8) is 0 Å². The van der Waals surface area contributed by atoms with Crippen molar-refractivity contribution in [1.29, 1.82) is 0 Å². The fraction of sp³-hybridized carbons (Fsp3) is 0.556. The zero-order chi connectivity index (χ0) is 18.8. The molecule has 0 spiro atoms. The minimum absolute atomic E-state index is 0. The number of carbonyl (C=O) groups excluding carboxylic acids is 1. The van der Waals surface area contributed by atoms with Gasteiger partial charge in [-0.1, -0.05) is 6.92 Å². The Hall–Kier alpha value is -1.71. The third kappa shape index (κ3) is 8.11. The summed E-state index contributed by atoms with van der Waals surface area (Å²) in [5.74, 6) is 1.82. The van der Waals surface area contributed by atoms with Crippen LogP contribution in [0.1, 0.15) is 27.2 Å². The molecule has 0 saturated heterocycles. The van der Waals surface area contributed by atoms with E-state index in [-0.39, 0.29) is 42.5 Å². The van der Waals surface area contributed by atoms with Crippen molar-refractivity contribution in [2.45, 2.75) is 33.2 Å². The molecule has 26 heavy (non-hydrogen) atoms. The van der Waals surface area contributed by atoms with E-state index in [2.05, 4.69) is 29.5 Å². The summed E-state index contributed by atoms with van der Waals surface area (Å²) in [5.41, 5.74) is 0.802. The number of benzene rings is 1. The summed E-state index contributed by atoms with van der Waals surface area (Å²) in [7, 11) is 5.03. The summed E-state index contributed by atoms with van der Waals surface area (Å²) < 4.78 is 10.9. The first kappa shape index (κ1) is 24.3. The second-order valence-corrected chi connectivity index (χ2v) is 5.83. The monoisotopic (exact) mass is 478 g/mol. The van der Waals surface area contributed by atoms with E-state index in [0.717, 1.165) is 12.1 Å². The van der Waals surface area contributed by atoms with E-state index in [9.17, 15) is 4.79 Å². The number of ether oxygens (including phenoxy) is 2. The van der Waals surface area contributed by atoms with Gasteiger partial charge in [0.15, 0.2) is 17.5 Å². The molecule has 0 radical (unpaired) electrons. The summed E-state index contributed by atoms with van der Waals surface area (Å²) in [6.07, 6.45) is 0.940. The van der Waals surface area contributed by atoms with Crippen LogP contribution >= 0.6 is 24.0 Å². The highest BCUT2D eigenvalue weighted by atomic mass is 127. The molecule has 0 aliphatic rings. The fourth-order valence-corrected chi connectivity index (χ4v) is 1.90. The third-order valence-electron chi connectivity index (χ3n) is 3.59. The van der Waals surface area contributed by atoms with Crippen molar-refractivity contribution < 1.29 is 14.3 Å². The quantitative estimate of drug-likeness (QED) is 0.342. The van der Waals surface area contributed by atoms with Crippen LogP contribution in [-0.2, 0) is 4.79 Å². The van der Waals surface area contributed by atoms with Crippen molar-refractivity contribution in [1.82, 2.24) is 10.2 Å². The Labute approximate surface area is 173 Å². The Kier molecular flexibility index (Phi) is 11.8. The Morgan fingerprint density at radius 3 is 2.50 bits per heavy atom. The Bertz CT molecular complexity index is 594. The average molecular weight is 478 g/mol. The number of halogens is 1. The van der Waals surface area contributed by atoms with Gasteiger partial charge in [-0.15, -0.1) is 24.0 Å². The van der Waals surface area contributed by atoms with Crippen molar-refractivity contribution in [3.8, 4) is 11.5 Å². The van der Waals surface area contributed by atoms with Gasteiger partial charge in [-0.25, -0.2) is 4.99 Å². The molecule has 0 aromatic heterocycles. The molecule has 7 nitrogen and oxygen atoms in total. The lowest BCUT2D eigenvalue weighted by Gasteiger charge is -2.18. The molecule has 1 amide bonds. The smallest absolute Gasteiger partial charge is 0.243 e. The molecule has 0 fully saturated rings. The number of methoxy groups -OCH3 is 1. The lowest BCUT2D eigenvalue weighted by Crippen LogP contribution is -2.38. The number of nitrogens with zero attached hydrogens (tertiary/aromatic N) is 2. The minimum atomic E-state index is -0.0602. The van der Waals surface area contributed by atoms with Crippen LogP contribution < -0.4 is 20.1 Å². The molecule has 0 heterocycles. The SMILES string of the molecule is CCOc1cc(NC(=NCC(=O)N(C)C)NC(C)CC)ccc1OC.I. The molecule has 1 aromatic carbocycles. The van der Waals surface area contributed by atoms with E-state index in [1.807, 2.05) is 25.1 Å². The summed E-state index contributed by atoms with van der Waals surface area (Å²) in [5, 5.41) is 6.51. The van der Waals surface area contributed by atoms with Gasteiger partial charge >= 0.3 is 0 Å². The van der Waals surface area contributed by atoms with E-state index in [0.29, 0.717) is 24.1 Å². The number of hydrogen-bond acceptors (Lipinski definition) is 4. The zero-order valence-corrected chi connectivity index (χ0v) is 18.8. The van der Waals surface area contributed by atoms with Crippen LogP contribution in [-0.4, -0.2) is 57.2 Å². The van der Waals surface area contributed by atoms with Crippen LogP contribution in [0.15, 0.2) is 23.2 Å². The molecule has 1 atom stereocenters. The first-order valence-corrected chi connectivity index (χ1v) is 8.50. The summed E-state index contributed by atoms with van der Waals surface area (Å²) in [6.45, 7) is 6.69. The van der Waals surface area contributed by atoms with Gasteiger partial charge in [0.1, 0.15) is 6.54 Å². The predicted molar refractivity (Wildman–Crippen MR) is 117 cm³/mol. The second-order valence-electron chi connectivity index (χ2n) is 5.83. The maximum Gasteiger partial charge on any atom is 0.243 e. The predicted octanol–water partition coefficient (Wildman–Crippen LogP) is 2.96. The van der Waals surface area contributed by atoms with Gasteiger partial charge in [-0.05, 0) is 32.4 Å². The minimum Gasteiger partial charge on any atom is -0.493 e. The molecule has 1 rings (SSSR count). The first-order valence-electron chi connectivity index (χ1n) is 8.50. The van der Waals surface area contributed by atoms with E-state index in [4.69, 9.17) is 9.47 Å². The molecule has 1 aromatic rings. The third-order valence-corrected chi connectivity index (χ3v) is 3.59. The van der Waals surface area contributed by atoms with Crippen LogP contribution in [0.2, 0.25) is 0 Å². The molecule has 1 unspecified atom stereocenters. The molecule has 148 valence electrons. The standard InChI is InChI=1S/C18H30N4O3.HI/c1-7-13(3)20-18(19-12-17(23)22(4)5)21-14-9-10-15(24-6)16(11-14)25-8-2;/h9-11,13H,7-8,12H2,1-6H3,(H2,19,20,21);1H. The molecular formula is C18H31IN4O3. The number of amides is 1. The summed E-state index contributed by atoms with van der Waals surface area (Å²) in [4.78, 5) is 17.7. The van der Waals surface area contributed by atoms with Gasteiger partial charge in [-0.3, -0.25) is 4.79 Å². The van der Waals surface area contributed by atoms with Gasteiger partial charge in [0.05, 0.1) is 13.7 Å². The maximum atomic E-state index is 11.8. The zero-order valence-electron chi connectivity index (χ0n) is 16.5. The Morgan fingerprint density at radius 1 is 1.27 bits per heavy atom. The van der Waals surface area contributed by atoms with Crippen LogP contribution in [0.25, 0.3) is 0 Å². The lowest BCUT2D eigenvalue weighted by atomic mass is 10.2. The Morgan fingerprint density at radius 2 is 1.96 bits per heavy atom. The molecule has 8 heteroatoms. The maximum absolute atomic E-state index is 11.8. The topological polar surface area (TPSA) is 75.2 Å². The highest BCUT2D eigenvalue weighted by Crippen LogP contribution is 2.30. The van der Waals surface area contributed by atoms with Crippen molar-refractivity contribution in [2.75, 3.05) is 39.7 Å². The van der Waals surface area contributed by atoms with Crippen LogP contribution in [0.4, 0.5) is 5.69 Å². The number of anilines is 1. The number of nitrogens with one attached hydrogen (secondary N) is 2. The van der Waals surface area contributed by atoms with Crippen LogP contribution in [0.3, 0.4) is 0 Å². The van der Waals surface area contributed by atoms with E-state index in [1.54, 1.807) is 21.2 Å². The van der Waals surface area contributed by atoms with E-state index in [1.165, 1.54) is 4.90 Å². The van der Waals surface area contributed by atoms with Crippen LogP contribution in [0.5, 0.6) is 11.5 Å². The van der Waals surface area contributed by atoms with Crippen molar-refractivity contribution in [3.05, 3.63) is 18.2 Å². The molecule has 0 aliphatic heterocycles. The van der Waals surface area contributed by atoms with Crippen LogP contribution in [0, 0.1) is 0 Å². The normalized spacial score (nSPS) is 11.8. The van der Waals surface area contributed by atoms with Crippen molar-refractivity contribution >= 4 is 41.5 Å². The molecular weight excluding hydrogens is 447 g/mol. The molecule has 0 saturated carbocycles. The number of hydrogen-bond donors (Lipinski definition) is 2. The van der Waals surface area contributed by atoms with E-state index >= 15 is 0 Å². The number of guanidine groups is 1. The number of aliphatic imine (C=N–C) groups is 1. The first-order chi connectivity index (χ1) is 11.9. The second kappa shape index (κ2) is 12.6. The molecule has 0 aliphatic carbocycles. The van der Waals surface area contributed by atoms with Gasteiger partial charge in [0.25, 0.3) is 0 Å². The largest absolute Gasteiger partial charge is 0.493 e. The van der Waals surface area contributed by atoms with E-state index < -0.39 is 0 Å². The van der Waals surface area contributed by atoms with Gasteiger partial charge in [-0.2, -0.15) is 0 Å². The van der Waals surface area contributed by atoms with Crippen molar-refractivity contribution in [2.24, 2.45) is 4.99 Å². The fourth-order valence-electron chi connectivity index (χ4n) is 1.90. The summed E-state index contributed by atoms with van der Waals surface area (Å²) >= 11 is 0. The van der Waals surface area contributed by atoms with Gasteiger partial charge in [0.2, 0.25) is 5.91 Å². The number of carbonyl (C=O) groups is 1. The number of likely N-dealkylation sites (N-methyl/N-ethyl adjacent to an activating group) is 1. The highest BCUT2D eigenvalue weighted by molar-refractivity contribution is 14.0. The molecule has 0 bridgehead atoms. The average Bonchev–Trinajstić information content (AvgIpc) is 2.59. The lowest BCUT2D eigenvalue weighted by molar-refractivity contribution is -0.127. The van der Waals surface area contributed by atoms with Gasteiger partial charge < -0.3 is 25.0 Å². The molecule has 2 N–H and O–H groups in total. The van der Waals surface area contributed by atoms with Gasteiger partial charge in [0, 0.05) is 31.9 Å². The highest BCUT2D eigenvalue weighted by Gasteiger charge is 2.10.